The zero-order chi connectivity index (χ0) is 10.6. The Morgan fingerprint density at radius 3 is 2.86 bits per heavy atom. The van der Waals surface area contributed by atoms with Crippen LogP contribution in [0.4, 0.5) is 0 Å². The topological polar surface area (TPSA) is 99.5 Å². The summed E-state index contributed by atoms with van der Waals surface area (Å²) in [4.78, 5) is 25.4. The van der Waals surface area contributed by atoms with Gasteiger partial charge in [-0.25, -0.2) is 4.79 Å². The lowest BCUT2D eigenvalue weighted by Gasteiger charge is -2.05. The Bertz CT molecular complexity index is 324. The van der Waals surface area contributed by atoms with Gasteiger partial charge in [-0.15, -0.1) is 11.3 Å². The molecule has 1 heterocycles. The van der Waals surface area contributed by atoms with Gasteiger partial charge in [-0.05, 0) is 0 Å². The maximum atomic E-state index is 11.2. The summed E-state index contributed by atoms with van der Waals surface area (Å²) in [6.07, 6.45) is -0.209. The van der Waals surface area contributed by atoms with E-state index in [-0.39, 0.29) is 6.54 Å². The molecule has 14 heavy (non-hydrogen) atoms. The second kappa shape index (κ2) is 4.68. The minimum Gasteiger partial charge on any atom is -0.479 e. The van der Waals surface area contributed by atoms with Crippen LogP contribution in [0, 0.1) is 0 Å². The summed E-state index contributed by atoms with van der Waals surface area (Å²) in [5.41, 5.74) is 1.49. The lowest BCUT2D eigenvalue weighted by Crippen LogP contribution is -2.36. The fourth-order valence-corrected chi connectivity index (χ4v) is 1.23. The summed E-state index contributed by atoms with van der Waals surface area (Å²) in [6, 6.07) is 0. The number of amides is 1. The lowest BCUT2D eigenvalue weighted by molar-refractivity contribution is -0.146. The fourth-order valence-electron chi connectivity index (χ4n) is 0.692. The van der Waals surface area contributed by atoms with Crippen LogP contribution in [0.3, 0.4) is 0 Å². The highest BCUT2D eigenvalue weighted by atomic mass is 32.1. The number of hydrogen-bond donors (Lipinski definition) is 3. The number of aliphatic hydroxyl groups excluding tert-OH is 1. The Labute approximate surface area is 83.2 Å². The molecular formula is C7H8N2O4S. The normalized spacial score (nSPS) is 12.1. The number of rotatable bonds is 4. The summed E-state index contributed by atoms with van der Waals surface area (Å²) in [5.74, 6) is -1.80. The van der Waals surface area contributed by atoms with Gasteiger partial charge in [0, 0.05) is 0 Å². The third kappa shape index (κ3) is 2.79. The van der Waals surface area contributed by atoms with Gasteiger partial charge in [0.05, 0.1) is 18.3 Å². The smallest absolute Gasteiger partial charge is 0.334 e. The van der Waals surface area contributed by atoms with E-state index in [2.05, 4.69) is 10.3 Å². The van der Waals surface area contributed by atoms with Gasteiger partial charge in [0.15, 0.2) is 6.10 Å². The number of thiazole rings is 1. The number of carboxylic acids is 1. The molecule has 0 saturated heterocycles. The summed E-state index contributed by atoms with van der Waals surface area (Å²) in [6.45, 7) is -0.313. The lowest BCUT2D eigenvalue weighted by atomic mass is 10.3. The molecule has 1 aromatic rings. The molecule has 0 aliphatic carbocycles. The number of nitrogens with zero attached hydrogens (tertiary/aromatic N) is 1. The van der Waals surface area contributed by atoms with E-state index in [0.717, 1.165) is 11.3 Å². The SMILES string of the molecule is O=C(NC[C@H](O)C(=O)O)c1cncs1. The van der Waals surface area contributed by atoms with E-state index in [0.29, 0.717) is 4.88 Å². The van der Waals surface area contributed by atoms with Crippen LogP contribution in [-0.4, -0.2) is 39.7 Å². The Morgan fingerprint density at radius 2 is 2.36 bits per heavy atom. The van der Waals surface area contributed by atoms with Crippen molar-refractivity contribution in [2.24, 2.45) is 0 Å². The van der Waals surface area contributed by atoms with Crippen molar-refractivity contribution < 1.29 is 19.8 Å². The quantitative estimate of drug-likeness (QED) is 0.619. The van der Waals surface area contributed by atoms with Crippen molar-refractivity contribution in [2.45, 2.75) is 6.10 Å². The van der Waals surface area contributed by atoms with E-state index in [4.69, 9.17) is 10.2 Å². The van der Waals surface area contributed by atoms with Crippen LogP contribution >= 0.6 is 11.3 Å². The van der Waals surface area contributed by atoms with Crippen LogP contribution < -0.4 is 5.32 Å². The molecule has 0 spiro atoms. The molecule has 0 saturated carbocycles. The molecule has 3 N–H and O–H groups in total. The van der Waals surface area contributed by atoms with Crippen molar-refractivity contribution in [3.8, 4) is 0 Å². The van der Waals surface area contributed by atoms with E-state index in [1.165, 1.54) is 11.7 Å². The van der Waals surface area contributed by atoms with Crippen molar-refractivity contribution >= 4 is 23.2 Å². The number of hydrogen-bond acceptors (Lipinski definition) is 5. The zero-order valence-corrected chi connectivity index (χ0v) is 7.82. The van der Waals surface area contributed by atoms with Gasteiger partial charge in [-0.3, -0.25) is 9.78 Å². The van der Waals surface area contributed by atoms with Gasteiger partial charge in [0.1, 0.15) is 4.88 Å². The maximum Gasteiger partial charge on any atom is 0.334 e. The summed E-state index contributed by atoms with van der Waals surface area (Å²) in [7, 11) is 0. The standard InChI is InChI=1S/C7H8N2O4S/c10-4(7(12)13)1-9-6(11)5-2-8-3-14-5/h2-4,10H,1H2,(H,9,11)(H,12,13)/t4-/m0/s1. The Kier molecular flexibility index (Phi) is 3.55. The monoisotopic (exact) mass is 216 g/mol. The summed E-state index contributed by atoms with van der Waals surface area (Å²) >= 11 is 1.14. The van der Waals surface area contributed by atoms with Crippen molar-refractivity contribution in [3.05, 3.63) is 16.6 Å². The minimum atomic E-state index is -1.58. The minimum absolute atomic E-state index is 0.313. The molecule has 0 aliphatic rings. The highest BCUT2D eigenvalue weighted by Crippen LogP contribution is 2.04. The molecule has 76 valence electrons. The van der Waals surface area contributed by atoms with Crippen LogP contribution in [0.2, 0.25) is 0 Å². The van der Waals surface area contributed by atoms with Crippen molar-refractivity contribution in [1.29, 1.82) is 0 Å². The van der Waals surface area contributed by atoms with Gasteiger partial charge in [-0.1, -0.05) is 0 Å². The molecule has 6 nitrogen and oxygen atoms in total. The van der Waals surface area contributed by atoms with Crippen molar-refractivity contribution in [1.82, 2.24) is 10.3 Å². The molecule has 7 heteroatoms. The molecule has 0 bridgehead atoms. The zero-order valence-electron chi connectivity index (χ0n) is 7.01. The van der Waals surface area contributed by atoms with Crippen LogP contribution in [0.15, 0.2) is 11.7 Å². The fraction of sp³-hybridized carbons (Fsp3) is 0.286. The molecule has 0 unspecified atom stereocenters. The molecule has 1 atom stereocenters. The van der Waals surface area contributed by atoms with E-state index in [1.807, 2.05) is 0 Å². The van der Waals surface area contributed by atoms with Crippen molar-refractivity contribution in [2.75, 3.05) is 6.54 Å². The van der Waals surface area contributed by atoms with Crippen molar-refractivity contribution in [3.63, 3.8) is 0 Å². The first-order valence-corrected chi connectivity index (χ1v) is 4.57. The number of aromatic nitrogens is 1. The second-order valence-electron chi connectivity index (χ2n) is 2.43. The van der Waals surface area contributed by atoms with E-state index in [9.17, 15) is 9.59 Å². The van der Waals surface area contributed by atoms with E-state index >= 15 is 0 Å². The molecular weight excluding hydrogens is 208 g/mol. The van der Waals surface area contributed by atoms with E-state index < -0.39 is 18.0 Å². The molecule has 0 aliphatic heterocycles. The Balaban J connectivity index is 2.40. The predicted molar refractivity (Wildman–Crippen MR) is 48.1 cm³/mol. The molecule has 1 rings (SSSR count). The highest BCUT2D eigenvalue weighted by Gasteiger charge is 2.15. The third-order valence-corrected chi connectivity index (χ3v) is 2.17. The first-order valence-electron chi connectivity index (χ1n) is 3.69. The molecule has 0 aromatic carbocycles. The average molecular weight is 216 g/mol. The van der Waals surface area contributed by atoms with Gasteiger partial charge in [0.2, 0.25) is 0 Å². The van der Waals surface area contributed by atoms with Gasteiger partial charge < -0.3 is 15.5 Å². The number of aliphatic hydroxyl groups is 1. The highest BCUT2D eigenvalue weighted by molar-refractivity contribution is 7.11. The third-order valence-electron chi connectivity index (χ3n) is 1.40. The molecule has 1 amide bonds. The maximum absolute atomic E-state index is 11.2. The number of nitrogens with one attached hydrogen (secondary N) is 1. The Hall–Kier alpha value is -1.47. The molecule has 0 radical (unpaired) electrons. The van der Waals surface area contributed by atoms with Crippen LogP contribution in [0.25, 0.3) is 0 Å². The van der Waals surface area contributed by atoms with Crippen LogP contribution in [0.5, 0.6) is 0 Å². The first kappa shape index (κ1) is 10.6. The van der Waals surface area contributed by atoms with E-state index in [1.54, 1.807) is 0 Å². The van der Waals surface area contributed by atoms with Crippen LogP contribution in [0.1, 0.15) is 9.67 Å². The van der Waals surface area contributed by atoms with Gasteiger partial charge >= 0.3 is 5.97 Å². The number of carbonyl (C=O) groups excluding carboxylic acids is 1. The number of aliphatic carboxylic acids is 1. The van der Waals surface area contributed by atoms with Crippen LogP contribution in [-0.2, 0) is 4.79 Å². The average Bonchev–Trinajstić information content (AvgIpc) is 2.66. The summed E-state index contributed by atoms with van der Waals surface area (Å²) in [5, 5.41) is 19.4. The Morgan fingerprint density at radius 1 is 1.64 bits per heavy atom. The number of carbonyl (C=O) groups is 2. The second-order valence-corrected chi connectivity index (χ2v) is 3.32. The number of carboxylic acid groups (broad SMARTS) is 1. The summed E-state index contributed by atoms with van der Waals surface area (Å²) < 4.78 is 0. The molecule has 1 aromatic heterocycles. The predicted octanol–water partition coefficient (Wildman–Crippen LogP) is -0.682. The van der Waals surface area contributed by atoms with Gasteiger partial charge in [-0.2, -0.15) is 0 Å². The first-order chi connectivity index (χ1) is 6.61. The van der Waals surface area contributed by atoms with Gasteiger partial charge in [0.25, 0.3) is 5.91 Å². The largest absolute Gasteiger partial charge is 0.479 e. The molecule has 0 fully saturated rings.